The van der Waals surface area contributed by atoms with Gasteiger partial charge in [0.15, 0.2) is 6.61 Å². The van der Waals surface area contributed by atoms with E-state index in [1.807, 2.05) is 0 Å². The summed E-state index contributed by atoms with van der Waals surface area (Å²) in [7, 11) is 0. The lowest BCUT2D eigenvalue weighted by molar-refractivity contribution is -0.507. The molecule has 70 valence electrons. The fraction of sp³-hybridized carbons (Fsp3) is 0.800. The first kappa shape index (κ1) is 11.8. The van der Waals surface area contributed by atoms with E-state index in [1.165, 1.54) is 0 Å². The van der Waals surface area contributed by atoms with Crippen molar-refractivity contribution < 1.29 is 14.5 Å². The maximum atomic E-state index is 10.6. The average molecular weight is 305 g/mol. The third-order valence-electron chi connectivity index (χ3n) is 0.963. The van der Waals surface area contributed by atoms with Gasteiger partial charge in [-0.25, -0.2) is 0 Å². The minimum absolute atomic E-state index is 0.202. The van der Waals surface area contributed by atoms with Crippen LogP contribution in [0.4, 0.5) is 0 Å². The molecule has 7 heteroatoms. The molecule has 0 aliphatic heterocycles. The Morgan fingerprint density at radius 3 is 2.50 bits per heavy atom. The Labute approximate surface area is 85.9 Å². The monoisotopic (exact) mass is 303 g/mol. The lowest BCUT2D eigenvalue weighted by atomic mass is 10.5. The normalized spacial score (nSPS) is 10.9. The first-order valence-corrected chi connectivity index (χ1v) is 4.66. The first-order valence-electron chi connectivity index (χ1n) is 3.08. The summed E-state index contributed by atoms with van der Waals surface area (Å²) in [5.41, 5.74) is 0. The Hall–Kier alpha value is -0.170. The Balaban J connectivity index is 3.92. The molecule has 0 fully saturated rings. The van der Waals surface area contributed by atoms with Crippen molar-refractivity contribution in [3.63, 3.8) is 0 Å². The van der Waals surface area contributed by atoms with Crippen molar-refractivity contribution in [3.8, 4) is 0 Å². The van der Waals surface area contributed by atoms with E-state index in [0.29, 0.717) is 0 Å². The van der Waals surface area contributed by atoms with Gasteiger partial charge in [-0.3, -0.25) is 14.9 Å². The van der Waals surface area contributed by atoms with Gasteiger partial charge in [0, 0.05) is 38.3 Å². The summed E-state index contributed by atoms with van der Waals surface area (Å²) in [4.78, 5) is 20.2. The number of halogens is 2. The van der Waals surface area contributed by atoms with Gasteiger partial charge in [0.1, 0.15) is 0 Å². The highest BCUT2D eigenvalue weighted by molar-refractivity contribution is 9.25. The van der Waals surface area contributed by atoms with Crippen LogP contribution in [0.1, 0.15) is 13.3 Å². The second-order valence-corrected chi connectivity index (χ2v) is 5.63. The quantitative estimate of drug-likeness (QED) is 0.260. The molecule has 0 aromatic rings. The summed E-state index contributed by atoms with van der Waals surface area (Å²) in [6.07, 6.45) is 0.202. The molecule has 0 atom stereocenters. The number of alkyl halides is 2. The standard InChI is InChI=1S/C5H7Br2NO4/c1-2-4(9)12-3-5(6,7)8(10)11/h2-3H2,1H3. The summed E-state index contributed by atoms with van der Waals surface area (Å²) in [6, 6.07) is 0. The van der Waals surface area contributed by atoms with Crippen LogP contribution in [0.3, 0.4) is 0 Å². The predicted molar refractivity (Wildman–Crippen MR) is 48.8 cm³/mol. The molecule has 0 amide bonds. The summed E-state index contributed by atoms with van der Waals surface area (Å²) in [5.74, 6) is -0.472. The number of carbonyl (C=O) groups excluding carboxylic acids is 1. The van der Waals surface area contributed by atoms with E-state index in [2.05, 4.69) is 36.6 Å². The van der Waals surface area contributed by atoms with Gasteiger partial charge >= 0.3 is 9.33 Å². The minimum atomic E-state index is -1.56. The molecular formula is C5H7Br2NO4. The molecule has 0 aliphatic rings. The molecule has 0 aliphatic carbocycles. The highest BCUT2D eigenvalue weighted by atomic mass is 79.9. The first-order chi connectivity index (χ1) is 5.40. The fourth-order valence-corrected chi connectivity index (χ4v) is 0.551. The van der Waals surface area contributed by atoms with Crippen molar-refractivity contribution in [1.82, 2.24) is 0 Å². The van der Waals surface area contributed by atoms with Crippen LogP contribution in [0.5, 0.6) is 0 Å². The van der Waals surface area contributed by atoms with Crippen LogP contribution in [-0.2, 0) is 9.53 Å². The largest absolute Gasteiger partial charge is 0.456 e. The van der Waals surface area contributed by atoms with E-state index in [-0.39, 0.29) is 13.0 Å². The molecule has 0 saturated carbocycles. The molecule has 0 rings (SSSR count). The van der Waals surface area contributed by atoms with Gasteiger partial charge in [0.2, 0.25) is 0 Å². The number of rotatable bonds is 4. The van der Waals surface area contributed by atoms with Crippen LogP contribution in [0.15, 0.2) is 0 Å². The Morgan fingerprint density at radius 2 is 2.17 bits per heavy atom. The number of hydrogen-bond donors (Lipinski definition) is 0. The smallest absolute Gasteiger partial charge is 0.360 e. The number of carbonyl (C=O) groups is 1. The highest BCUT2D eigenvalue weighted by Crippen LogP contribution is 2.26. The van der Waals surface area contributed by atoms with Crippen molar-refractivity contribution in [2.75, 3.05) is 6.61 Å². The summed E-state index contributed by atoms with van der Waals surface area (Å²) < 4.78 is 2.98. The second-order valence-electron chi connectivity index (χ2n) is 1.94. The van der Waals surface area contributed by atoms with E-state index in [4.69, 9.17) is 0 Å². The highest BCUT2D eigenvalue weighted by Gasteiger charge is 2.37. The molecule has 0 aromatic carbocycles. The van der Waals surface area contributed by atoms with Crippen LogP contribution in [0, 0.1) is 10.1 Å². The molecule has 0 radical (unpaired) electrons. The summed E-state index contributed by atoms with van der Waals surface area (Å²) in [6.45, 7) is 1.27. The van der Waals surface area contributed by atoms with E-state index in [9.17, 15) is 14.9 Å². The van der Waals surface area contributed by atoms with Gasteiger partial charge in [-0.15, -0.1) is 0 Å². The Bertz CT molecular complexity index is 194. The van der Waals surface area contributed by atoms with Crippen LogP contribution >= 0.6 is 31.9 Å². The summed E-state index contributed by atoms with van der Waals surface area (Å²) in [5, 5.41) is 10.2. The van der Waals surface area contributed by atoms with Crippen molar-refractivity contribution in [1.29, 1.82) is 0 Å². The van der Waals surface area contributed by atoms with Crippen molar-refractivity contribution in [3.05, 3.63) is 10.1 Å². The number of esters is 1. The van der Waals surface area contributed by atoms with E-state index in [1.54, 1.807) is 6.92 Å². The zero-order valence-corrected chi connectivity index (χ0v) is 9.42. The van der Waals surface area contributed by atoms with Gasteiger partial charge in [-0.2, -0.15) is 0 Å². The van der Waals surface area contributed by atoms with Crippen LogP contribution < -0.4 is 0 Å². The lowest BCUT2D eigenvalue weighted by Gasteiger charge is -2.10. The van der Waals surface area contributed by atoms with Gasteiger partial charge < -0.3 is 4.74 Å². The molecule has 0 saturated heterocycles. The maximum Gasteiger partial charge on any atom is 0.360 e. The number of nitrogens with zero attached hydrogens (tertiary/aromatic N) is 1. The van der Waals surface area contributed by atoms with Crippen LogP contribution in [-0.4, -0.2) is 20.9 Å². The SMILES string of the molecule is CCC(=O)OCC(Br)(Br)[N+](=O)[O-]. The van der Waals surface area contributed by atoms with Crippen molar-refractivity contribution in [2.45, 2.75) is 16.7 Å². The van der Waals surface area contributed by atoms with Crippen LogP contribution in [0.2, 0.25) is 0 Å². The zero-order chi connectivity index (χ0) is 9.78. The molecule has 0 spiro atoms. The van der Waals surface area contributed by atoms with Gasteiger partial charge in [0.25, 0.3) is 0 Å². The predicted octanol–water partition coefficient (Wildman–Crippen LogP) is 1.66. The molecule has 0 bridgehead atoms. The minimum Gasteiger partial charge on any atom is -0.456 e. The van der Waals surface area contributed by atoms with Gasteiger partial charge in [-0.1, -0.05) is 6.92 Å². The Morgan fingerprint density at radius 1 is 1.67 bits per heavy atom. The molecule has 0 N–H and O–H groups in total. The fourth-order valence-electron chi connectivity index (χ4n) is 0.322. The van der Waals surface area contributed by atoms with Crippen LogP contribution in [0.25, 0.3) is 0 Å². The van der Waals surface area contributed by atoms with Crippen molar-refractivity contribution >= 4 is 37.8 Å². The average Bonchev–Trinajstić information content (AvgIpc) is 2.00. The number of ether oxygens (including phenoxy) is 1. The molecular weight excluding hydrogens is 298 g/mol. The van der Waals surface area contributed by atoms with Crippen molar-refractivity contribution in [2.24, 2.45) is 0 Å². The lowest BCUT2D eigenvalue weighted by Crippen LogP contribution is -2.30. The van der Waals surface area contributed by atoms with E-state index >= 15 is 0 Å². The molecule has 0 heterocycles. The third kappa shape index (κ3) is 4.01. The number of nitro groups is 1. The molecule has 5 nitrogen and oxygen atoms in total. The van der Waals surface area contributed by atoms with E-state index in [0.717, 1.165) is 0 Å². The second kappa shape index (κ2) is 4.76. The molecule has 0 aromatic heterocycles. The number of hydrogen-bond acceptors (Lipinski definition) is 4. The third-order valence-corrected chi connectivity index (χ3v) is 2.00. The summed E-state index contributed by atoms with van der Waals surface area (Å²) >= 11 is 5.49. The topological polar surface area (TPSA) is 69.4 Å². The zero-order valence-electron chi connectivity index (χ0n) is 6.25. The van der Waals surface area contributed by atoms with Gasteiger partial charge in [-0.05, 0) is 0 Å². The van der Waals surface area contributed by atoms with E-state index < -0.39 is 14.3 Å². The Kier molecular flexibility index (Phi) is 4.69. The molecule has 0 unspecified atom stereocenters. The van der Waals surface area contributed by atoms with Gasteiger partial charge in [0.05, 0.1) is 4.92 Å². The molecule has 12 heavy (non-hydrogen) atoms. The maximum absolute atomic E-state index is 10.6.